The highest BCUT2D eigenvalue weighted by atomic mass is 32.1. The van der Waals surface area contributed by atoms with Gasteiger partial charge in [0.15, 0.2) is 0 Å². The molecule has 1 aromatic heterocycles. The number of hydrogen-bond acceptors (Lipinski definition) is 5. The average Bonchev–Trinajstić information content (AvgIpc) is 2.75. The van der Waals surface area contributed by atoms with Crippen LogP contribution in [-0.2, 0) is 6.42 Å². The maximum atomic E-state index is 5.72. The summed E-state index contributed by atoms with van der Waals surface area (Å²) in [6.45, 7) is 3.70. The van der Waals surface area contributed by atoms with Crippen LogP contribution in [0.15, 0.2) is 36.4 Å². The third kappa shape index (κ3) is 2.38. The second kappa shape index (κ2) is 4.76. The van der Waals surface area contributed by atoms with Crippen molar-refractivity contribution in [2.75, 3.05) is 5.73 Å². The fraction of sp³-hybridized carbons (Fsp3) is 0.0909. The Kier molecular flexibility index (Phi) is 3.16. The number of nitrogens with two attached hydrogens (primary N) is 1. The maximum Gasteiger partial charge on any atom is 0.299 e. The first-order valence-electron chi connectivity index (χ1n) is 4.73. The Labute approximate surface area is 97.4 Å². The number of aromatic nitrogens is 2. The zero-order valence-corrected chi connectivity index (χ0v) is 9.41. The normalized spacial score (nSPS) is 10.0. The van der Waals surface area contributed by atoms with Crippen LogP contribution in [0.5, 0.6) is 10.9 Å². The molecule has 0 bridgehead atoms. The van der Waals surface area contributed by atoms with Crippen LogP contribution >= 0.6 is 11.3 Å². The summed E-state index contributed by atoms with van der Waals surface area (Å²) in [6.07, 6.45) is 2.51. The number of ether oxygens (including phenoxy) is 1. The molecule has 0 aliphatic heterocycles. The number of hydrogen-bond donors (Lipinski definition) is 1. The lowest BCUT2D eigenvalue weighted by atomic mass is 10.1. The van der Waals surface area contributed by atoms with Crippen molar-refractivity contribution in [3.8, 4) is 10.9 Å². The molecule has 4 nitrogen and oxygen atoms in total. The summed E-state index contributed by atoms with van der Waals surface area (Å²) in [5.74, 6) is 0.742. The van der Waals surface area contributed by atoms with Crippen LogP contribution in [0.2, 0.25) is 0 Å². The molecule has 2 aromatic rings. The van der Waals surface area contributed by atoms with Crippen molar-refractivity contribution in [3.63, 3.8) is 0 Å². The number of rotatable bonds is 4. The second-order valence-electron chi connectivity index (χ2n) is 3.17. The Morgan fingerprint density at radius 3 is 3.06 bits per heavy atom. The first-order valence-corrected chi connectivity index (χ1v) is 5.61. The topological polar surface area (TPSA) is 61.0 Å². The van der Waals surface area contributed by atoms with Gasteiger partial charge in [-0.2, -0.15) is 0 Å². The fourth-order valence-electron chi connectivity index (χ4n) is 1.32. The number of nitrogens with zero attached hydrogens (tertiary/aromatic N) is 2. The van der Waals surface area contributed by atoms with Crippen molar-refractivity contribution >= 4 is 17.0 Å². The van der Waals surface area contributed by atoms with Gasteiger partial charge in [0.1, 0.15) is 11.3 Å². The van der Waals surface area contributed by atoms with Crippen molar-refractivity contribution in [2.24, 2.45) is 0 Å². The quantitative estimate of drug-likeness (QED) is 0.651. The van der Waals surface area contributed by atoms with E-state index < -0.39 is 0 Å². The van der Waals surface area contributed by atoms with Gasteiger partial charge < -0.3 is 10.5 Å². The minimum atomic E-state index is 0.523. The molecule has 0 amide bonds. The van der Waals surface area contributed by atoms with Gasteiger partial charge in [-0.1, -0.05) is 22.5 Å². The molecule has 0 aliphatic carbocycles. The number of nitrogen functional groups attached to an aromatic ring is 1. The van der Waals surface area contributed by atoms with Crippen LogP contribution in [0.25, 0.3) is 0 Å². The first-order chi connectivity index (χ1) is 7.79. The number of anilines is 1. The van der Waals surface area contributed by atoms with Gasteiger partial charge in [0.05, 0.1) is 0 Å². The van der Waals surface area contributed by atoms with Gasteiger partial charge in [-0.3, -0.25) is 0 Å². The lowest BCUT2D eigenvalue weighted by molar-refractivity contribution is 0.468. The molecule has 1 heterocycles. The third-order valence-electron chi connectivity index (χ3n) is 1.99. The third-order valence-corrected chi connectivity index (χ3v) is 2.55. The summed E-state index contributed by atoms with van der Waals surface area (Å²) in [5, 5.41) is 8.06. The molecule has 1 aromatic carbocycles. The van der Waals surface area contributed by atoms with E-state index in [-0.39, 0.29) is 0 Å². The fourth-order valence-corrected chi connectivity index (χ4v) is 1.73. The summed E-state index contributed by atoms with van der Waals surface area (Å²) < 4.78 is 5.60. The number of benzene rings is 1. The Morgan fingerprint density at radius 1 is 1.50 bits per heavy atom. The highest BCUT2D eigenvalue weighted by Crippen LogP contribution is 2.28. The van der Waals surface area contributed by atoms with Crippen molar-refractivity contribution in [2.45, 2.75) is 6.42 Å². The van der Waals surface area contributed by atoms with Crippen LogP contribution < -0.4 is 10.5 Å². The van der Waals surface area contributed by atoms with Gasteiger partial charge in [0.2, 0.25) is 0 Å². The summed E-state index contributed by atoms with van der Waals surface area (Å²) >= 11 is 1.35. The zero-order chi connectivity index (χ0) is 11.4. The lowest BCUT2D eigenvalue weighted by Crippen LogP contribution is -1.93. The smallest absolute Gasteiger partial charge is 0.299 e. The van der Waals surface area contributed by atoms with Gasteiger partial charge in [-0.15, -0.1) is 11.7 Å². The molecule has 0 aliphatic rings. The molecule has 2 N–H and O–H groups in total. The van der Waals surface area contributed by atoms with Crippen LogP contribution in [0.4, 0.5) is 5.69 Å². The van der Waals surface area contributed by atoms with E-state index >= 15 is 0 Å². The molecule has 16 heavy (non-hydrogen) atoms. The molecule has 5 heteroatoms. The van der Waals surface area contributed by atoms with Crippen LogP contribution in [0.1, 0.15) is 5.56 Å². The molecule has 0 spiro atoms. The average molecular weight is 233 g/mol. The molecule has 0 radical (unpaired) electrons. The van der Waals surface area contributed by atoms with E-state index in [0.29, 0.717) is 17.3 Å². The summed E-state index contributed by atoms with van der Waals surface area (Å²) in [4.78, 5) is 0. The highest BCUT2D eigenvalue weighted by molar-refractivity contribution is 7.11. The summed E-state index contributed by atoms with van der Waals surface area (Å²) in [7, 11) is 0. The molecular formula is C11H11N3OS. The molecule has 0 saturated carbocycles. The van der Waals surface area contributed by atoms with E-state index in [1.165, 1.54) is 11.3 Å². The SMILES string of the molecule is C=CCc1cc(N)ccc1Oc1nncs1. The van der Waals surface area contributed by atoms with E-state index in [1.54, 1.807) is 11.6 Å². The predicted molar refractivity (Wildman–Crippen MR) is 64.7 cm³/mol. The van der Waals surface area contributed by atoms with E-state index in [1.807, 2.05) is 18.2 Å². The molecule has 2 rings (SSSR count). The summed E-state index contributed by atoms with van der Waals surface area (Å²) in [6, 6.07) is 5.50. The molecule has 0 saturated heterocycles. The van der Waals surface area contributed by atoms with Crippen molar-refractivity contribution in [1.82, 2.24) is 10.2 Å². The molecule has 0 unspecified atom stereocenters. The summed E-state index contributed by atoms with van der Waals surface area (Å²) in [5.41, 5.74) is 9.04. The molecular weight excluding hydrogens is 222 g/mol. The minimum Gasteiger partial charge on any atom is -0.430 e. The Morgan fingerprint density at radius 2 is 2.38 bits per heavy atom. The number of allylic oxidation sites excluding steroid dienone is 1. The van der Waals surface area contributed by atoms with E-state index in [4.69, 9.17) is 10.5 Å². The van der Waals surface area contributed by atoms with Crippen molar-refractivity contribution in [3.05, 3.63) is 41.9 Å². The Bertz CT molecular complexity index is 482. The van der Waals surface area contributed by atoms with Crippen LogP contribution in [-0.4, -0.2) is 10.2 Å². The van der Waals surface area contributed by atoms with Gasteiger partial charge in [-0.05, 0) is 24.6 Å². The molecule has 0 fully saturated rings. The monoisotopic (exact) mass is 233 g/mol. The van der Waals surface area contributed by atoms with Crippen molar-refractivity contribution < 1.29 is 4.74 Å². The Hall–Kier alpha value is -1.88. The largest absolute Gasteiger partial charge is 0.430 e. The van der Waals surface area contributed by atoms with Gasteiger partial charge >= 0.3 is 0 Å². The molecule has 0 atom stereocenters. The standard InChI is InChI=1S/C11H11N3OS/c1-2-3-8-6-9(12)4-5-10(8)15-11-14-13-7-16-11/h2,4-7H,1,3,12H2. The second-order valence-corrected chi connectivity index (χ2v) is 3.96. The van der Waals surface area contributed by atoms with E-state index in [9.17, 15) is 0 Å². The zero-order valence-electron chi connectivity index (χ0n) is 8.59. The highest BCUT2D eigenvalue weighted by Gasteiger charge is 2.06. The molecule has 82 valence electrons. The Balaban J connectivity index is 2.28. The minimum absolute atomic E-state index is 0.523. The lowest BCUT2D eigenvalue weighted by Gasteiger charge is -2.07. The van der Waals surface area contributed by atoms with Gasteiger partial charge in [0.25, 0.3) is 5.19 Å². The first kappa shape index (κ1) is 10.6. The van der Waals surface area contributed by atoms with Crippen molar-refractivity contribution in [1.29, 1.82) is 0 Å². The maximum absolute atomic E-state index is 5.72. The van der Waals surface area contributed by atoms with Crippen LogP contribution in [0.3, 0.4) is 0 Å². The van der Waals surface area contributed by atoms with Gasteiger partial charge in [0, 0.05) is 11.3 Å². The van der Waals surface area contributed by atoms with E-state index in [0.717, 1.165) is 11.3 Å². The van der Waals surface area contributed by atoms with Crippen LogP contribution in [0, 0.1) is 0 Å². The van der Waals surface area contributed by atoms with E-state index in [2.05, 4.69) is 16.8 Å². The predicted octanol–water partition coefficient (Wildman–Crippen LogP) is 2.64. The van der Waals surface area contributed by atoms with Gasteiger partial charge in [-0.25, -0.2) is 0 Å².